The van der Waals surface area contributed by atoms with Gasteiger partial charge in [0.1, 0.15) is 0 Å². The lowest BCUT2D eigenvalue weighted by molar-refractivity contribution is -0.121. The number of sulfonamides is 1. The molecule has 0 radical (unpaired) electrons. The molecule has 0 aliphatic carbocycles. The molecule has 0 bridgehead atoms. The molecule has 2 N–H and O–H groups in total. The number of nitrogens with zero attached hydrogens (tertiary/aromatic N) is 2. The van der Waals surface area contributed by atoms with Crippen LogP contribution in [0.4, 0.5) is 0 Å². The fraction of sp³-hybridized carbons (Fsp3) is 0.130. The Balaban J connectivity index is 1.83. The van der Waals surface area contributed by atoms with E-state index in [4.69, 9.17) is 39.5 Å². The predicted octanol–water partition coefficient (Wildman–Crippen LogP) is 4.70. The van der Waals surface area contributed by atoms with Crippen LogP contribution in [0.5, 0.6) is 11.5 Å². The zero-order chi connectivity index (χ0) is 25.6. The molecule has 0 aromatic heterocycles. The third-order valence-corrected chi connectivity index (χ3v) is 7.42. The lowest BCUT2D eigenvalue weighted by atomic mass is 10.2. The summed E-state index contributed by atoms with van der Waals surface area (Å²) in [5.41, 5.74) is 3.01. The number of methoxy groups -OCH3 is 1. The number of phenolic OH excluding ortho intramolecular Hbond substituents is 1. The maximum Gasteiger partial charge on any atom is 0.255 e. The fourth-order valence-corrected chi connectivity index (χ4v) is 4.97. The van der Waals surface area contributed by atoms with Crippen molar-refractivity contribution in [2.75, 3.05) is 13.7 Å². The molecule has 0 spiro atoms. The van der Waals surface area contributed by atoms with Crippen LogP contribution in [-0.4, -0.2) is 43.6 Å². The van der Waals surface area contributed by atoms with Gasteiger partial charge in [-0.05, 0) is 54.1 Å². The number of hydrazone groups is 1. The van der Waals surface area contributed by atoms with E-state index in [1.807, 2.05) is 0 Å². The van der Waals surface area contributed by atoms with Crippen molar-refractivity contribution in [1.29, 1.82) is 0 Å². The quantitative estimate of drug-likeness (QED) is 0.293. The summed E-state index contributed by atoms with van der Waals surface area (Å²) in [5.74, 6) is -0.635. The molecule has 0 saturated heterocycles. The molecule has 3 rings (SSSR count). The summed E-state index contributed by atoms with van der Waals surface area (Å²) >= 11 is 18.1. The summed E-state index contributed by atoms with van der Waals surface area (Å²) in [6, 6.07) is 15.0. The van der Waals surface area contributed by atoms with Crippen LogP contribution in [0.1, 0.15) is 11.1 Å². The maximum absolute atomic E-state index is 13.3. The molecule has 3 aromatic carbocycles. The van der Waals surface area contributed by atoms with Crippen molar-refractivity contribution in [3.63, 3.8) is 0 Å². The molecule has 0 heterocycles. The van der Waals surface area contributed by atoms with Gasteiger partial charge in [0, 0.05) is 27.2 Å². The Labute approximate surface area is 217 Å². The van der Waals surface area contributed by atoms with Gasteiger partial charge in [0.15, 0.2) is 11.5 Å². The van der Waals surface area contributed by atoms with E-state index < -0.39 is 22.5 Å². The molecule has 0 atom stereocenters. The molecule has 3 aromatic rings. The number of carbonyl (C=O) groups is 1. The highest BCUT2D eigenvalue weighted by molar-refractivity contribution is 7.89. The SMILES string of the molecule is COc1cccc(/C=N\NC(=O)CN(Cc2ccc(Cl)cc2Cl)S(=O)(=O)c2ccc(Cl)cc2)c1O. The number of hydrogen-bond donors (Lipinski definition) is 2. The van der Waals surface area contributed by atoms with Crippen molar-refractivity contribution in [2.24, 2.45) is 5.10 Å². The third kappa shape index (κ3) is 6.87. The minimum atomic E-state index is -4.12. The summed E-state index contributed by atoms with van der Waals surface area (Å²) in [5, 5.41) is 14.9. The Morgan fingerprint density at radius 2 is 1.77 bits per heavy atom. The normalized spacial score (nSPS) is 11.7. The van der Waals surface area contributed by atoms with E-state index >= 15 is 0 Å². The standard InChI is InChI=1S/C23H20Cl3N3O5S/c1-34-21-4-2-3-15(23(21)31)12-27-28-22(30)14-29(13-16-5-6-18(25)11-20(16)26)35(32,33)19-9-7-17(24)8-10-19/h2-12,31H,13-14H2,1H3,(H,28,30)/b27-12-. The first-order valence-electron chi connectivity index (χ1n) is 9.99. The highest BCUT2D eigenvalue weighted by atomic mass is 35.5. The second-order valence-electron chi connectivity index (χ2n) is 7.15. The molecule has 184 valence electrons. The fourth-order valence-electron chi connectivity index (χ4n) is 3.00. The van der Waals surface area contributed by atoms with Gasteiger partial charge < -0.3 is 9.84 Å². The van der Waals surface area contributed by atoms with Crippen LogP contribution in [0.25, 0.3) is 0 Å². The molecule has 0 saturated carbocycles. The third-order valence-electron chi connectivity index (χ3n) is 4.78. The van der Waals surface area contributed by atoms with Gasteiger partial charge in [-0.25, -0.2) is 13.8 Å². The highest BCUT2D eigenvalue weighted by Gasteiger charge is 2.27. The number of nitrogens with one attached hydrogen (secondary N) is 1. The van der Waals surface area contributed by atoms with Crippen molar-refractivity contribution >= 4 is 56.9 Å². The molecule has 0 aliphatic heterocycles. The van der Waals surface area contributed by atoms with Crippen molar-refractivity contribution in [3.8, 4) is 11.5 Å². The molecule has 0 unspecified atom stereocenters. The number of carbonyl (C=O) groups excluding carboxylic acids is 1. The summed E-state index contributed by atoms with van der Waals surface area (Å²) in [7, 11) is -2.71. The van der Waals surface area contributed by atoms with Crippen molar-refractivity contribution < 1.29 is 23.1 Å². The number of phenols is 1. The molecule has 12 heteroatoms. The molecular formula is C23H20Cl3N3O5S. The zero-order valence-electron chi connectivity index (χ0n) is 18.3. The second kappa shape index (κ2) is 11.7. The summed E-state index contributed by atoms with van der Waals surface area (Å²) in [4.78, 5) is 12.6. The molecule has 35 heavy (non-hydrogen) atoms. The summed E-state index contributed by atoms with van der Waals surface area (Å²) in [6.45, 7) is -0.764. The van der Waals surface area contributed by atoms with Gasteiger partial charge in [-0.2, -0.15) is 9.41 Å². The highest BCUT2D eigenvalue weighted by Crippen LogP contribution is 2.28. The number of aromatic hydroxyl groups is 1. The van der Waals surface area contributed by atoms with Crippen LogP contribution in [0.15, 0.2) is 70.7 Å². The second-order valence-corrected chi connectivity index (χ2v) is 10.4. The zero-order valence-corrected chi connectivity index (χ0v) is 21.4. The number of ether oxygens (including phenoxy) is 1. The van der Waals surface area contributed by atoms with Crippen LogP contribution in [0, 0.1) is 0 Å². The van der Waals surface area contributed by atoms with Crippen LogP contribution >= 0.6 is 34.8 Å². The first-order valence-corrected chi connectivity index (χ1v) is 12.6. The number of benzene rings is 3. The Bertz CT molecular complexity index is 1350. The van der Waals surface area contributed by atoms with E-state index in [1.54, 1.807) is 30.3 Å². The molecule has 0 fully saturated rings. The number of rotatable bonds is 9. The van der Waals surface area contributed by atoms with Gasteiger partial charge in [0.25, 0.3) is 5.91 Å². The Kier molecular flexibility index (Phi) is 8.98. The molecule has 1 amide bonds. The summed E-state index contributed by atoms with van der Waals surface area (Å²) in [6.07, 6.45) is 1.21. The minimum Gasteiger partial charge on any atom is -0.504 e. The lowest BCUT2D eigenvalue weighted by Gasteiger charge is -2.22. The van der Waals surface area contributed by atoms with E-state index in [2.05, 4.69) is 10.5 Å². The molecule has 8 nitrogen and oxygen atoms in total. The monoisotopic (exact) mass is 555 g/mol. The number of para-hydroxylation sites is 1. The Hall–Kier alpha value is -2.82. The maximum atomic E-state index is 13.3. The van der Waals surface area contributed by atoms with E-state index in [0.717, 1.165) is 4.31 Å². The average Bonchev–Trinajstić information content (AvgIpc) is 2.81. The van der Waals surface area contributed by atoms with E-state index in [-0.39, 0.29) is 28.0 Å². The van der Waals surface area contributed by atoms with E-state index in [0.29, 0.717) is 21.2 Å². The van der Waals surface area contributed by atoms with Crippen LogP contribution < -0.4 is 10.2 Å². The average molecular weight is 557 g/mol. The minimum absolute atomic E-state index is 0.0513. The van der Waals surface area contributed by atoms with Crippen molar-refractivity contribution in [2.45, 2.75) is 11.4 Å². The molecular weight excluding hydrogens is 537 g/mol. The number of hydrogen-bond acceptors (Lipinski definition) is 6. The van der Waals surface area contributed by atoms with Crippen molar-refractivity contribution in [1.82, 2.24) is 9.73 Å². The number of amides is 1. The van der Waals surface area contributed by atoms with Gasteiger partial charge in [-0.3, -0.25) is 4.79 Å². The largest absolute Gasteiger partial charge is 0.504 e. The first-order chi connectivity index (χ1) is 16.6. The van der Waals surface area contributed by atoms with Crippen molar-refractivity contribution in [3.05, 3.63) is 86.9 Å². The van der Waals surface area contributed by atoms with Crippen LogP contribution in [-0.2, 0) is 21.4 Å². The topological polar surface area (TPSA) is 108 Å². The Morgan fingerprint density at radius 3 is 2.43 bits per heavy atom. The van der Waals surface area contributed by atoms with Gasteiger partial charge in [-0.15, -0.1) is 0 Å². The Morgan fingerprint density at radius 1 is 1.09 bits per heavy atom. The molecule has 0 aliphatic rings. The first kappa shape index (κ1) is 26.8. The number of halogens is 3. The van der Waals surface area contributed by atoms with Gasteiger partial charge in [0.05, 0.1) is 24.8 Å². The van der Waals surface area contributed by atoms with Gasteiger partial charge in [0.2, 0.25) is 10.0 Å². The van der Waals surface area contributed by atoms with Crippen LogP contribution in [0.2, 0.25) is 15.1 Å². The lowest BCUT2D eigenvalue weighted by Crippen LogP contribution is -2.39. The van der Waals surface area contributed by atoms with Gasteiger partial charge >= 0.3 is 0 Å². The predicted molar refractivity (Wildman–Crippen MR) is 136 cm³/mol. The smallest absolute Gasteiger partial charge is 0.255 e. The van der Waals surface area contributed by atoms with E-state index in [9.17, 15) is 18.3 Å². The van der Waals surface area contributed by atoms with Crippen LogP contribution in [0.3, 0.4) is 0 Å². The summed E-state index contributed by atoms with van der Waals surface area (Å²) < 4.78 is 32.6. The van der Waals surface area contributed by atoms with E-state index in [1.165, 1.54) is 43.7 Å². The van der Waals surface area contributed by atoms with Gasteiger partial charge in [-0.1, -0.05) is 46.9 Å².